The monoisotopic (exact) mass is 253 g/mol. The van der Waals surface area contributed by atoms with Crippen LogP contribution in [0.4, 0.5) is 0 Å². The quantitative estimate of drug-likeness (QED) is 0.426. The van der Waals surface area contributed by atoms with Gasteiger partial charge >= 0.3 is 8.80 Å². The van der Waals surface area contributed by atoms with E-state index in [1.54, 1.807) is 14.2 Å². The number of rotatable bonds is 10. The lowest BCUT2D eigenvalue weighted by Gasteiger charge is -2.26. The van der Waals surface area contributed by atoms with Gasteiger partial charge in [0.2, 0.25) is 0 Å². The zero-order valence-electron chi connectivity index (χ0n) is 9.95. The molecule has 0 aliphatic heterocycles. The van der Waals surface area contributed by atoms with Crippen LogP contribution in [0, 0.1) is 0 Å². The molecule has 0 rings (SSSR count). The molecule has 15 heavy (non-hydrogen) atoms. The van der Waals surface area contributed by atoms with Crippen LogP contribution in [0.3, 0.4) is 0 Å². The SMILES string of the molecule is CCO[SiH2]CO[Si](CCCN)(OC)OC. The van der Waals surface area contributed by atoms with Crippen LogP contribution >= 0.6 is 0 Å². The Kier molecular flexibility index (Phi) is 9.61. The van der Waals surface area contributed by atoms with Crippen LogP contribution < -0.4 is 5.73 Å². The number of hydrogen-bond acceptors (Lipinski definition) is 5. The van der Waals surface area contributed by atoms with Crippen molar-refractivity contribution >= 4 is 18.6 Å². The molecule has 92 valence electrons. The molecule has 0 aromatic heterocycles. The molecule has 2 N–H and O–H groups in total. The van der Waals surface area contributed by atoms with Crippen LogP contribution in [-0.4, -0.2) is 52.2 Å². The summed E-state index contributed by atoms with van der Waals surface area (Å²) in [7, 11) is 0.238. The summed E-state index contributed by atoms with van der Waals surface area (Å²) in [5, 5.41) is 0. The van der Waals surface area contributed by atoms with Gasteiger partial charge in [0.05, 0.1) is 6.23 Å². The second-order valence-electron chi connectivity index (χ2n) is 3.03. The van der Waals surface area contributed by atoms with Crippen molar-refractivity contribution in [2.45, 2.75) is 19.4 Å². The van der Waals surface area contributed by atoms with Crippen molar-refractivity contribution in [1.82, 2.24) is 0 Å². The lowest BCUT2D eigenvalue weighted by molar-refractivity contribution is 0.111. The third-order valence-electron chi connectivity index (χ3n) is 2.06. The fourth-order valence-electron chi connectivity index (χ4n) is 1.20. The van der Waals surface area contributed by atoms with E-state index in [0.29, 0.717) is 12.8 Å². The van der Waals surface area contributed by atoms with Gasteiger partial charge in [0.25, 0.3) is 0 Å². The van der Waals surface area contributed by atoms with Crippen molar-refractivity contribution in [2.75, 3.05) is 33.6 Å². The Balaban J connectivity index is 3.88. The molecule has 0 amide bonds. The lowest BCUT2D eigenvalue weighted by atomic mass is 10.5. The van der Waals surface area contributed by atoms with Crippen LogP contribution in [0.25, 0.3) is 0 Å². The summed E-state index contributed by atoms with van der Waals surface area (Å²) >= 11 is 0. The van der Waals surface area contributed by atoms with Gasteiger partial charge < -0.3 is 23.4 Å². The molecular weight excluding hydrogens is 230 g/mol. The molecular formula is C8H23NO4Si2. The van der Waals surface area contributed by atoms with E-state index in [-0.39, 0.29) is 0 Å². The molecule has 0 heterocycles. The molecule has 0 aromatic rings. The molecule has 0 fully saturated rings. The van der Waals surface area contributed by atoms with Crippen LogP contribution in [0.15, 0.2) is 0 Å². The van der Waals surface area contributed by atoms with Gasteiger partial charge in [-0.25, -0.2) is 0 Å². The van der Waals surface area contributed by atoms with Gasteiger partial charge in [0.15, 0.2) is 9.76 Å². The summed E-state index contributed by atoms with van der Waals surface area (Å²) in [6.45, 7) is 3.37. The van der Waals surface area contributed by atoms with Gasteiger partial charge in [0, 0.05) is 26.9 Å². The van der Waals surface area contributed by atoms with Crippen LogP contribution in [0.5, 0.6) is 0 Å². The van der Waals surface area contributed by atoms with Gasteiger partial charge in [-0.15, -0.1) is 0 Å². The minimum atomic E-state index is -2.44. The van der Waals surface area contributed by atoms with Crippen molar-refractivity contribution in [3.8, 4) is 0 Å². The predicted octanol–water partition coefficient (Wildman–Crippen LogP) is -0.339. The number of nitrogens with two attached hydrogens (primary N) is 1. The topological polar surface area (TPSA) is 62.9 Å². The van der Waals surface area contributed by atoms with Gasteiger partial charge in [-0.05, 0) is 19.9 Å². The number of hydrogen-bond donors (Lipinski definition) is 1. The first-order valence-corrected chi connectivity index (χ1v) is 8.77. The van der Waals surface area contributed by atoms with Gasteiger partial charge in [0.1, 0.15) is 0 Å². The fraction of sp³-hybridized carbons (Fsp3) is 1.00. The maximum absolute atomic E-state index is 5.71. The zero-order chi connectivity index (χ0) is 11.6. The summed E-state index contributed by atoms with van der Waals surface area (Å²) in [5.41, 5.74) is 5.46. The highest BCUT2D eigenvalue weighted by Crippen LogP contribution is 2.15. The van der Waals surface area contributed by atoms with E-state index in [1.807, 2.05) is 6.92 Å². The van der Waals surface area contributed by atoms with Crippen molar-refractivity contribution < 1.29 is 17.7 Å². The summed E-state index contributed by atoms with van der Waals surface area (Å²) in [4.78, 5) is 0. The lowest BCUT2D eigenvalue weighted by Crippen LogP contribution is -2.45. The molecule has 0 unspecified atom stereocenters. The molecule has 5 nitrogen and oxygen atoms in total. The zero-order valence-corrected chi connectivity index (χ0v) is 12.4. The molecule has 0 saturated heterocycles. The third-order valence-corrected chi connectivity index (χ3v) is 6.39. The Hall–Kier alpha value is 0.234. The molecule has 0 bridgehead atoms. The molecule has 0 saturated carbocycles. The van der Waals surface area contributed by atoms with E-state index in [4.69, 9.17) is 23.4 Å². The molecule has 0 radical (unpaired) electrons. The van der Waals surface area contributed by atoms with Crippen LogP contribution in [-0.2, 0) is 17.7 Å². The van der Waals surface area contributed by atoms with Crippen molar-refractivity contribution in [3.63, 3.8) is 0 Å². The normalized spacial score (nSPS) is 12.8. The van der Waals surface area contributed by atoms with E-state index in [1.165, 1.54) is 0 Å². The van der Waals surface area contributed by atoms with Crippen molar-refractivity contribution in [1.29, 1.82) is 0 Å². The molecule has 7 heteroatoms. The minimum Gasteiger partial charge on any atom is -0.422 e. The van der Waals surface area contributed by atoms with Gasteiger partial charge in [-0.2, -0.15) is 0 Å². The summed E-state index contributed by atoms with van der Waals surface area (Å²) in [6, 6.07) is 0.775. The molecule has 0 aliphatic rings. The van der Waals surface area contributed by atoms with Crippen molar-refractivity contribution in [3.05, 3.63) is 0 Å². The standard InChI is InChI=1S/C8H23NO4Si2/c1-4-12-14-8-13-15(10-2,11-3)7-5-6-9/h4-9,14H2,1-3H3. The Morgan fingerprint density at radius 3 is 2.40 bits per heavy atom. The van der Waals surface area contributed by atoms with E-state index in [0.717, 1.165) is 19.1 Å². The highest BCUT2D eigenvalue weighted by molar-refractivity contribution is 6.61. The Bertz CT molecular complexity index is 147. The molecule has 0 spiro atoms. The van der Waals surface area contributed by atoms with Crippen molar-refractivity contribution in [2.24, 2.45) is 5.73 Å². The molecule has 0 aromatic carbocycles. The summed E-state index contributed by atoms with van der Waals surface area (Å²) < 4.78 is 21.8. The summed E-state index contributed by atoms with van der Waals surface area (Å²) in [6.07, 6.45) is 1.51. The highest BCUT2D eigenvalue weighted by Gasteiger charge is 2.38. The van der Waals surface area contributed by atoms with E-state index < -0.39 is 18.6 Å². The maximum atomic E-state index is 5.71. The van der Waals surface area contributed by atoms with Gasteiger partial charge in [-0.3, -0.25) is 0 Å². The molecule has 0 atom stereocenters. The highest BCUT2D eigenvalue weighted by atomic mass is 28.4. The maximum Gasteiger partial charge on any atom is 0.500 e. The Morgan fingerprint density at radius 1 is 1.27 bits per heavy atom. The first-order valence-electron chi connectivity index (χ1n) is 5.26. The molecule has 0 aliphatic carbocycles. The average Bonchev–Trinajstić information content (AvgIpc) is 2.29. The predicted molar refractivity (Wildman–Crippen MR) is 64.4 cm³/mol. The summed E-state index contributed by atoms with van der Waals surface area (Å²) in [5.74, 6) is 0. The average molecular weight is 253 g/mol. The first-order chi connectivity index (χ1) is 7.24. The third kappa shape index (κ3) is 6.41. The fourth-order valence-corrected chi connectivity index (χ4v) is 4.77. The second kappa shape index (κ2) is 9.46. The second-order valence-corrected chi connectivity index (χ2v) is 7.22. The first kappa shape index (κ1) is 15.2. The van der Waals surface area contributed by atoms with E-state index in [2.05, 4.69) is 0 Å². The van der Waals surface area contributed by atoms with Gasteiger partial charge in [-0.1, -0.05) is 0 Å². The van der Waals surface area contributed by atoms with Crippen LogP contribution in [0.1, 0.15) is 13.3 Å². The van der Waals surface area contributed by atoms with E-state index >= 15 is 0 Å². The Morgan fingerprint density at radius 2 is 1.93 bits per heavy atom. The minimum absolute atomic E-state index is 0.589. The van der Waals surface area contributed by atoms with Crippen LogP contribution in [0.2, 0.25) is 6.04 Å². The smallest absolute Gasteiger partial charge is 0.422 e. The van der Waals surface area contributed by atoms with E-state index in [9.17, 15) is 0 Å². The Labute approximate surface area is 95.5 Å². The largest absolute Gasteiger partial charge is 0.500 e.